The van der Waals surface area contributed by atoms with Crippen LogP contribution in [-0.4, -0.2) is 45.6 Å². The Kier molecular flexibility index (Phi) is 3.14. The van der Waals surface area contributed by atoms with Crippen molar-refractivity contribution in [3.8, 4) is 0 Å². The van der Waals surface area contributed by atoms with Crippen LogP contribution < -0.4 is 0 Å². The first-order valence-electron chi connectivity index (χ1n) is 5.51. The van der Waals surface area contributed by atoms with Crippen molar-refractivity contribution >= 4 is 5.97 Å². The zero-order valence-corrected chi connectivity index (χ0v) is 9.31. The number of carbonyl (C=O) groups is 1. The van der Waals surface area contributed by atoms with Crippen LogP contribution in [0.25, 0.3) is 0 Å². The van der Waals surface area contributed by atoms with Gasteiger partial charge in [0, 0.05) is 31.4 Å². The average molecular weight is 221 g/mol. The molecular formula is C11H15N3O2. The summed E-state index contributed by atoms with van der Waals surface area (Å²) in [6, 6.07) is 0. The Morgan fingerprint density at radius 1 is 1.50 bits per heavy atom. The summed E-state index contributed by atoms with van der Waals surface area (Å²) >= 11 is 0. The first-order valence-corrected chi connectivity index (χ1v) is 5.51. The van der Waals surface area contributed by atoms with E-state index in [-0.39, 0.29) is 5.82 Å². The zero-order chi connectivity index (χ0) is 11.5. The maximum absolute atomic E-state index is 10.8. The van der Waals surface area contributed by atoms with E-state index in [1.807, 2.05) is 0 Å². The summed E-state index contributed by atoms with van der Waals surface area (Å²) in [6.07, 6.45) is 3.37. The molecule has 0 radical (unpaired) electrons. The maximum atomic E-state index is 10.8. The highest BCUT2D eigenvalue weighted by atomic mass is 16.4. The van der Waals surface area contributed by atoms with Crippen molar-refractivity contribution in [1.29, 1.82) is 0 Å². The summed E-state index contributed by atoms with van der Waals surface area (Å²) in [5, 5.41) is 8.82. The van der Waals surface area contributed by atoms with Gasteiger partial charge in [-0.25, -0.2) is 14.8 Å². The van der Waals surface area contributed by atoms with Crippen molar-refractivity contribution in [3.63, 3.8) is 0 Å². The van der Waals surface area contributed by atoms with Gasteiger partial charge in [0.25, 0.3) is 0 Å². The fraction of sp³-hybridized carbons (Fsp3) is 0.545. The van der Waals surface area contributed by atoms with Crippen LogP contribution in [0.2, 0.25) is 0 Å². The van der Waals surface area contributed by atoms with Crippen molar-refractivity contribution in [2.24, 2.45) is 0 Å². The number of aromatic nitrogens is 2. The van der Waals surface area contributed by atoms with Crippen molar-refractivity contribution in [2.75, 3.05) is 19.6 Å². The molecule has 5 heteroatoms. The molecule has 1 aromatic rings. The van der Waals surface area contributed by atoms with E-state index < -0.39 is 5.97 Å². The highest BCUT2D eigenvalue weighted by Crippen LogP contribution is 2.13. The minimum absolute atomic E-state index is 0.0938. The molecule has 16 heavy (non-hydrogen) atoms. The topological polar surface area (TPSA) is 66.3 Å². The Morgan fingerprint density at radius 2 is 2.25 bits per heavy atom. The van der Waals surface area contributed by atoms with E-state index in [0.29, 0.717) is 0 Å². The molecule has 0 saturated heterocycles. The van der Waals surface area contributed by atoms with Crippen molar-refractivity contribution < 1.29 is 9.90 Å². The molecule has 0 unspecified atom stereocenters. The van der Waals surface area contributed by atoms with Gasteiger partial charge in [0.15, 0.2) is 0 Å². The third-order valence-corrected chi connectivity index (χ3v) is 2.95. The first-order chi connectivity index (χ1) is 7.70. The lowest BCUT2D eigenvalue weighted by Crippen LogP contribution is -2.25. The first kappa shape index (κ1) is 11.0. The molecule has 0 spiro atoms. The largest absolute Gasteiger partial charge is 0.475 e. The molecule has 1 aliphatic heterocycles. The van der Waals surface area contributed by atoms with E-state index in [1.54, 1.807) is 6.20 Å². The number of nitrogens with zero attached hydrogens (tertiary/aromatic N) is 3. The van der Waals surface area contributed by atoms with Crippen molar-refractivity contribution in [3.05, 3.63) is 23.3 Å². The van der Waals surface area contributed by atoms with Gasteiger partial charge in [0.05, 0.1) is 0 Å². The lowest BCUT2D eigenvalue weighted by molar-refractivity contribution is 0.0683. The fourth-order valence-electron chi connectivity index (χ4n) is 1.94. The number of likely N-dealkylation sites (N-methyl/N-ethyl adjacent to an activating group) is 1. The van der Waals surface area contributed by atoms with Crippen molar-refractivity contribution in [1.82, 2.24) is 14.9 Å². The molecule has 0 fully saturated rings. The molecule has 1 aliphatic rings. The third-order valence-electron chi connectivity index (χ3n) is 2.95. The maximum Gasteiger partial charge on any atom is 0.373 e. The highest BCUT2D eigenvalue weighted by molar-refractivity contribution is 5.83. The summed E-state index contributed by atoms with van der Waals surface area (Å²) in [5.74, 6) is -1.15. The Bertz CT molecular complexity index is 406. The molecule has 1 aromatic heterocycles. The molecule has 0 aromatic carbocycles. The van der Waals surface area contributed by atoms with E-state index in [2.05, 4.69) is 21.8 Å². The van der Waals surface area contributed by atoms with Gasteiger partial charge in [-0.15, -0.1) is 0 Å². The van der Waals surface area contributed by atoms with Crippen LogP contribution in [0, 0.1) is 0 Å². The number of hydrogen-bond donors (Lipinski definition) is 1. The molecule has 0 aliphatic carbocycles. The highest BCUT2D eigenvalue weighted by Gasteiger charge is 2.16. The van der Waals surface area contributed by atoms with Crippen LogP contribution >= 0.6 is 0 Å². The molecule has 2 rings (SSSR count). The fourth-order valence-corrected chi connectivity index (χ4v) is 1.94. The molecule has 0 saturated carbocycles. The van der Waals surface area contributed by atoms with Crippen LogP contribution in [0.5, 0.6) is 0 Å². The number of fused-ring (bicyclic) bond motifs is 1. The van der Waals surface area contributed by atoms with Gasteiger partial charge in [-0.05, 0) is 18.5 Å². The van der Waals surface area contributed by atoms with Gasteiger partial charge in [0.2, 0.25) is 5.82 Å². The number of rotatable bonds is 2. The Hall–Kier alpha value is -1.49. The Balaban J connectivity index is 2.25. The zero-order valence-electron chi connectivity index (χ0n) is 9.31. The summed E-state index contributed by atoms with van der Waals surface area (Å²) in [7, 11) is 0. The second-order valence-electron chi connectivity index (χ2n) is 3.90. The second-order valence-corrected chi connectivity index (χ2v) is 3.90. The van der Waals surface area contributed by atoms with E-state index >= 15 is 0 Å². The summed E-state index contributed by atoms with van der Waals surface area (Å²) in [5.41, 5.74) is 1.98. The lowest BCUT2D eigenvalue weighted by Gasteiger charge is -2.15. The number of carboxylic acid groups (broad SMARTS) is 1. The molecular weight excluding hydrogens is 206 g/mol. The van der Waals surface area contributed by atoms with Gasteiger partial charge in [-0.3, -0.25) is 0 Å². The lowest BCUT2D eigenvalue weighted by atomic mass is 10.1. The van der Waals surface area contributed by atoms with E-state index in [4.69, 9.17) is 5.11 Å². The van der Waals surface area contributed by atoms with E-state index in [0.717, 1.165) is 43.7 Å². The predicted molar refractivity (Wildman–Crippen MR) is 58.5 cm³/mol. The minimum Gasteiger partial charge on any atom is -0.475 e. The van der Waals surface area contributed by atoms with Crippen LogP contribution in [0.1, 0.15) is 28.8 Å². The van der Waals surface area contributed by atoms with Gasteiger partial charge >= 0.3 is 5.97 Å². The second kappa shape index (κ2) is 4.57. The normalized spacial score (nSPS) is 16.6. The minimum atomic E-state index is -1.06. The molecule has 86 valence electrons. The van der Waals surface area contributed by atoms with Crippen LogP contribution in [0.4, 0.5) is 0 Å². The molecule has 1 N–H and O–H groups in total. The standard InChI is InChI=1S/C11H15N3O2/c1-2-14-5-3-8-7-12-10(11(15)16)13-9(8)4-6-14/h7H,2-6H2,1H3,(H,15,16). The van der Waals surface area contributed by atoms with E-state index in [1.165, 1.54) is 0 Å². The van der Waals surface area contributed by atoms with Crippen LogP contribution in [0.3, 0.4) is 0 Å². The molecule has 0 atom stereocenters. The molecule has 2 heterocycles. The monoisotopic (exact) mass is 221 g/mol. The van der Waals surface area contributed by atoms with Crippen LogP contribution in [0.15, 0.2) is 6.20 Å². The Morgan fingerprint density at radius 3 is 2.94 bits per heavy atom. The smallest absolute Gasteiger partial charge is 0.373 e. The summed E-state index contributed by atoms with van der Waals surface area (Å²) in [4.78, 5) is 21.1. The summed E-state index contributed by atoms with van der Waals surface area (Å²) < 4.78 is 0. The van der Waals surface area contributed by atoms with Gasteiger partial charge in [-0.2, -0.15) is 0 Å². The van der Waals surface area contributed by atoms with Crippen LogP contribution in [-0.2, 0) is 12.8 Å². The number of aromatic carboxylic acids is 1. The quantitative estimate of drug-likeness (QED) is 0.792. The number of carboxylic acids is 1. The SMILES string of the molecule is CCN1CCc2cnc(C(=O)O)nc2CC1. The third kappa shape index (κ3) is 2.19. The van der Waals surface area contributed by atoms with Crippen molar-refractivity contribution in [2.45, 2.75) is 19.8 Å². The average Bonchev–Trinajstić information content (AvgIpc) is 2.50. The molecule has 5 nitrogen and oxygen atoms in total. The van der Waals surface area contributed by atoms with E-state index in [9.17, 15) is 4.79 Å². The predicted octanol–water partition coefficient (Wildman–Crippen LogP) is 0.595. The number of hydrogen-bond acceptors (Lipinski definition) is 4. The van der Waals surface area contributed by atoms with Gasteiger partial charge in [-0.1, -0.05) is 6.92 Å². The van der Waals surface area contributed by atoms with Gasteiger partial charge in [0.1, 0.15) is 0 Å². The molecule has 0 bridgehead atoms. The Labute approximate surface area is 94.1 Å². The molecule has 0 amide bonds. The van der Waals surface area contributed by atoms with Gasteiger partial charge < -0.3 is 10.0 Å². The summed E-state index contributed by atoms with van der Waals surface area (Å²) in [6.45, 7) is 5.09.